The van der Waals surface area contributed by atoms with Crippen molar-refractivity contribution < 1.29 is 9.53 Å². The van der Waals surface area contributed by atoms with Crippen molar-refractivity contribution in [1.29, 1.82) is 0 Å². The van der Waals surface area contributed by atoms with Crippen LogP contribution in [0.25, 0.3) is 0 Å². The maximum Gasteiger partial charge on any atom is 0.255 e. The Bertz CT molecular complexity index is 1020. The molecule has 29 heavy (non-hydrogen) atoms. The number of amides is 1. The van der Waals surface area contributed by atoms with Crippen LogP contribution in [0.3, 0.4) is 0 Å². The summed E-state index contributed by atoms with van der Waals surface area (Å²) in [5, 5.41) is 3.68. The van der Waals surface area contributed by atoms with Crippen molar-refractivity contribution in [3.8, 4) is 5.75 Å². The number of ether oxygens (including phenoxy) is 1. The van der Waals surface area contributed by atoms with Crippen LogP contribution in [0, 0.1) is 6.92 Å². The molecule has 0 unspecified atom stereocenters. The number of pyridine rings is 1. The Morgan fingerprint density at radius 2 is 2.07 bits per heavy atom. The first-order valence-electron chi connectivity index (χ1n) is 9.60. The number of anilines is 2. The molecule has 0 spiro atoms. The quantitative estimate of drug-likeness (QED) is 0.674. The zero-order valence-electron chi connectivity index (χ0n) is 16.2. The fraction of sp³-hybridized carbons (Fsp3) is 0.217. The molecule has 1 amide bonds. The second kappa shape index (κ2) is 8.53. The number of hydrogen-bond acceptors (Lipinski definition) is 4. The zero-order chi connectivity index (χ0) is 20.2. The van der Waals surface area contributed by atoms with Crippen LogP contribution in [0.4, 0.5) is 11.5 Å². The van der Waals surface area contributed by atoms with Crippen LogP contribution < -0.4 is 15.0 Å². The summed E-state index contributed by atoms with van der Waals surface area (Å²) in [6.45, 7) is 3.71. The molecular weight excluding hydrogens is 386 g/mol. The fourth-order valence-electron chi connectivity index (χ4n) is 3.39. The number of fused-ring (bicyclic) bond motifs is 1. The van der Waals surface area contributed by atoms with E-state index in [9.17, 15) is 4.79 Å². The number of aryl methyl sites for hydroxylation is 1. The number of carbonyl (C=O) groups excluding carboxylic acids is 1. The lowest BCUT2D eigenvalue weighted by atomic mass is 10.1. The summed E-state index contributed by atoms with van der Waals surface area (Å²) in [5.74, 6) is 1.29. The average Bonchev–Trinajstić information content (AvgIpc) is 2.73. The molecule has 0 radical (unpaired) electrons. The molecule has 1 aromatic heterocycles. The highest BCUT2D eigenvalue weighted by Crippen LogP contribution is 2.38. The van der Waals surface area contributed by atoms with Crippen LogP contribution in [0.1, 0.15) is 21.5 Å². The molecule has 0 saturated heterocycles. The van der Waals surface area contributed by atoms with Crippen LogP contribution in [-0.2, 0) is 6.42 Å². The van der Waals surface area contributed by atoms with Gasteiger partial charge in [-0.1, -0.05) is 35.9 Å². The van der Waals surface area contributed by atoms with Crippen LogP contribution in [0.15, 0.2) is 60.8 Å². The van der Waals surface area contributed by atoms with Crippen LogP contribution in [0.5, 0.6) is 5.75 Å². The van der Waals surface area contributed by atoms with E-state index in [0.29, 0.717) is 42.5 Å². The number of nitrogens with zero attached hydrogens (tertiary/aromatic N) is 2. The zero-order valence-corrected chi connectivity index (χ0v) is 16.9. The van der Waals surface area contributed by atoms with Crippen LogP contribution >= 0.6 is 11.6 Å². The van der Waals surface area contributed by atoms with E-state index in [-0.39, 0.29) is 5.91 Å². The topological polar surface area (TPSA) is 54.5 Å². The van der Waals surface area contributed by atoms with Crippen molar-refractivity contribution in [2.24, 2.45) is 0 Å². The molecule has 3 aromatic rings. The van der Waals surface area contributed by atoms with Crippen LogP contribution in [-0.4, -0.2) is 30.6 Å². The molecule has 2 aromatic carbocycles. The molecule has 0 bridgehead atoms. The van der Waals surface area contributed by atoms with E-state index < -0.39 is 0 Å². The van der Waals surface area contributed by atoms with E-state index in [1.165, 1.54) is 0 Å². The van der Waals surface area contributed by atoms with E-state index in [0.717, 1.165) is 22.6 Å². The SMILES string of the molecule is Cc1ccc(N2CCOc3c(C(=O)NCCc4cccc(Cl)c4)cccc32)nc1. The van der Waals surface area contributed by atoms with Gasteiger partial charge in [0.05, 0.1) is 17.8 Å². The van der Waals surface area contributed by atoms with Crippen molar-refractivity contribution in [2.75, 3.05) is 24.6 Å². The van der Waals surface area contributed by atoms with Crippen molar-refractivity contribution in [3.63, 3.8) is 0 Å². The minimum absolute atomic E-state index is 0.150. The largest absolute Gasteiger partial charge is 0.489 e. The summed E-state index contributed by atoms with van der Waals surface area (Å²) in [6.07, 6.45) is 2.55. The molecule has 1 aliphatic rings. The first-order valence-corrected chi connectivity index (χ1v) is 9.98. The van der Waals surface area contributed by atoms with Gasteiger partial charge in [0, 0.05) is 17.8 Å². The third-order valence-corrected chi connectivity index (χ3v) is 5.09. The predicted molar refractivity (Wildman–Crippen MR) is 115 cm³/mol. The highest BCUT2D eigenvalue weighted by atomic mass is 35.5. The number of aromatic nitrogens is 1. The Morgan fingerprint density at radius 3 is 2.86 bits per heavy atom. The summed E-state index contributed by atoms with van der Waals surface area (Å²) in [6, 6.07) is 17.3. The molecule has 0 fully saturated rings. The summed E-state index contributed by atoms with van der Waals surface area (Å²) >= 11 is 6.02. The number of rotatable bonds is 5. The van der Waals surface area contributed by atoms with E-state index in [4.69, 9.17) is 16.3 Å². The highest BCUT2D eigenvalue weighted by Gasteiger charge is 2.25. The van der Waals surface area contributed by atoms with Gasteiger partial charge in [0.15, 0.2) is 5.75 Å². The first-order chi connectivity index (χ1) is 14.1. The summed E-state index contributed by atoms with van der Waals surface area (Å²) in [4.78, 5) is 19.4. The van der Waals surface area contributed by atoms with E-state index in [1.807, 2.05) is 61.7 Å². The Hall–Kier alpha value is -3.05. The number of hydrogen-bond donors (Lipinski definition) is 1. The third-order valence-electron chi connectivity index (χ3n) is 4.85. The van der Waals surface area contributed by atoms with E-state index >= 15 is 0 Å². The molecular formula is C23H22ClN3O2. The molecule has 0 saturated carbocycles. The van der Waals surface area contributed by atoms with Gasteiger partial charge in [-0.2, -0.15) is 0 Å². The van der Waals surface area contributed by atoms with Crippen LogP contribution in [0.2, 0.25) is 5.02 Å². The van der Waals surface area contributed by atoms with Crippen molar-refractivity contribution in [3.05, 3.63) is 82.5 Å². The van der Waals surface area contributed by atoms with Crippen molar-refractivity contribution >= 4 is 29.0 Å². The standard InChI is InChI=1S/C23H22ClN3O2/c1-16-8-9-21(26-15-16)27-12-13-29-22-19(6-3-7-20(22)27)23(28)25-11-10-17-4-2-5-18(24)14-17/h2-9,14-15H,10-13H2,1H3,(H,25,28). The third kappa shape index (κ3) is 4.35. The van der Waals surface area contributed by atoms with Gasteiger partial charge >= 0.3 is 0 Å². The molecule has 1 N–H and O–H groups in total. The lowest BCUT2D eigenvalue weighted by Crippen LogP contribution is -2.32. The number of carbonyl (C=O) groups is 1. The van der Waals surface area contributed by atoms with E-state index in [2.05, 4.69) is 15.2 Å². The smallest absolute Gasteiger partial charge is 0.255 e. The monoisotopic (exact) mass is 407 g/mol. The van der Waals surface area contributed by atoms with Gasteiger partial charge in [-0.25, -0.2) is 4.98 Å². The molecule has 6 heteroatoms. The maximum atomic E-state index is 12.8. The van der Waals surface area contributed by atoms with Gasteiger partial charge in [0.25, 0.3) is 5.91 Å². The minimum atomic E-state index is -0.150. The maximum absolute atomic E-state index is 12.8. The predicted octanol–water partition coefficient (Wildman–Crippen LogP) is 4.55. The Kier molecular flexibility index (Phi) is 5.67. The summed E-state index contributed by atoms with van der Waals surface area (Å²) in [5.41, 5.74) is 3.58. The number of benzene rings is 2. The van der Waals surface area contributed by atoms with Gasteiger partial charge in [-0.05, 0) is 54.8 Å². The second-order valence-corrected chi connectivity index (χ2v) is 7.42. The number of para-hydroxylation sites is 1. The highest BCUT2D eigenvalue weighted by molar-refractivity contribution is 6.30. The second-order valence-electron chi connectivity index (χ2n) is 6.98. The molecule has 0 aliphatic carbocycles. The number of halogens is 1. The molecule has 0 atom stereocenters. The lowest BCUT2D eigenvalue weighted by molar-refractivity contribution is 0.0950. The normalized spacial score (nSPS) is 12.8. The molecule has 4 rings (SSSR count). The molecule has 1 aliphatic heterocycles. The first kappa shape index (κ1) is 19.3. The van der Waals surface area contributed by atoms with Gasteiger partial charge in [-0.15, -0.1) is 0 Å². The van der Waals surface area contributed by atoms with E-state index in [1.54, 1.807) is 6.07 Å². The summed E-state index contributed by atoms with van der Waals surface area (Å²) in [7, 11) is 0. The Morgan fingerprint density at radius 1 is 1.21 bits per heavy atom. The van der Waals surface area contributed by atoms with Gasteiger partial charge in [0.2, 0.25) is 0 Å². The lowest BCUT2D eigenvalue weighted by Gasteiger charge is -2.31. The average molecular weight is 408 g/mol. The van der Waals surface area contributed by atoms with Gasteiger partial charge < -0.3 is 15.0 Å². The minimum Gasteiger partial charge on any atom is -0.489 e. The molecule has 148 valence electrons. The Labute approximate surface area is 175 Å². The fourth-order valence-corrected chi connectivity index (χ4v) is 3.61. The van der Waals surface area contributed by atoms with Gasteiger partial charge in [-0.3, -0.25) is 4.79 Å². The molecule has 2 heterocycles. The Balaban J connectivity index is 1.50. The van der Waals surface area contributed by atoms with Crippen molar-refractivity contribution in [1.82, 2.24) is 10.3 Å². The summed E-state index contributed by atoms with van der Waals surface area (Å²) < 4.78 is 5.88. The van der Waals surface area contributed by atoms with Gasteiger partial charge in [0.1, 0.15) is 12.4 Å². The van der Waals surface area contributed by atoms with Crippen molar-refractivity contribution in [2.45, 2.75) is 13.3 Å². The number of nitrogens with one attached hydrogen (secondary N) is 1. The molecule has 5 nitrogen and oxygen atoms in total.